The number of benzene rings is 1. The summed E-state index contributed by atoms with van der Waals surface area (Å²) in [7, 11) is 0. The minimum atomic E-state index is -0.725. The van der Waals surface area contributed by atoms with Gasteiger partial charge in [-0.15, -0.1) is 0 Å². The van der Waals surface area contributed by atoms with Gasteiger partial charge in [0.2, 0.25) is 0 Å². The molecule has 130 valence electrons. The molecule has 0 atom stereocenters. The molecule has 0 unspecified atom stereocenters. The number of carbonyl (C=O) groups excluding carboxylic acids is 1. The molecule has 0 radical (unpaired) electrons. The Bertz CT molecular complexity index is 472. The zero-order valence-electron chi connectivity index (χ0n) is 14.8. The maximum Gasteiger partial charge on any atom is 0.405 e. The van der Waals surface area contributed by atoms with Crippen molar-refractivity contribution in [2.45, 2.75) is 52.6 Å². The maximum atomic E-state index is 10.0. The van der Waals surface area contributed by atoms with Gasteiger partial charge in [0.05, 0.1) is 0 Å². The van der Waals surface area contributed by atoms with E-state index in [0.29, 0.717) is 0 Å². The van der Waals surface area contributed by atoms with E-state index >= 15 is 0 Å². The van der Waals surface area contributed by atoms with E-state index in [2.05, 4.69) is 28.7 Å². The minimum absolute atomic E-state index is 0.453. The second kappa shape index (κ2) is 8.65. The van der Waals surface area contributed by atoms with Crippen LogP contribution in [0.4, 0.5) is 16.2 Å². The summed E-state index contributed by atoms with van der Waals surface area (Å²) in [6.07, 6.45) is 3.27. The van der Waals surface area contributed by atoms with Gasteiger partial charge in [-0.2, -0.15) is 0 Å². The molecule has 1 amide bonds. The van der Waals surface area contributed by atoms with E-state index in [0.717, 1.165) is 11.6 Å². The number of piperidine rings is 1. The van der Waals surface area contributed by atoms with E-state index in [4.69, 9.17) is 11.5 Å². The van der Waals surface area contributed by atoms with Gasteiger partial charge in [0.1, 0.15) is 5.60 Å². The molecule has 5 nitrogen and oxygen atoms in total. The highest BCUT2D eigenvalue weighted by atomic mass is 16.6. The second-order valence-corrected chi connectivity index (χ2v) is 6.96. The van der Waals surface area contributed by atoms with Crippen LogP contribution in [0.5, 0.6) is 0 Å². The van der Waals surface area contributed by atoms with E-state index in [1.807, 2.05) is 12.1 Å². The van der Waals surface area contributed by atoms with Crippen molar-refractivity contribution in [3.8, 4) is 0 Å². The van der Waals surface area contributed by atoms with Crippen LogP contribution >= 0.6 is 0 Å². The van der Waals surface area contributed by atoms with Gasteiger partial charge in [0.15, 0.2) is 0 Å². The first-order valence-electron chi connectivity index (χ1n) is 8.30. The highest BCUT2D eigenvalue weighted by molar-refractivity contribution is 5.65. The molecule has 0 saturated carbocycles. The van der Waals surface area contributed by atoms with Gasteiger partial charge in [-0.05, 0) is 63.8 Å². The van der Waals surface area contributed by atoms with E-state index in [1.54, 1.807) is 20.8 Å². The number of nitrogens with two attached hydrogens (primary N) is 2. The summed E-state index contributed by atoms with van der Waals surface area (Å²) in [5.74, 6) is 0.940. The summed E-state index contributed by atoms with van der Waals surface area (Å²) in [5, 5.41) is 0. The highest BCUT2D eigenvalue weighted by Gasteiger charge is 2.17. The van der Waals surface area contributed by atoms with Gasteiger partial charge in [-0.3, -0.25) is 0 Å². The summed E-state index contributed by atoms with van der Waals surface area (Å²) >= 11 is 0. The Morgan fingerprint density at radius 3 is 2.09 bits per heavy atom. The minimum Gasteiger partial charge on any atom is -0.444 e. The van der Waals surface area contributed by atoms with Crippen LogP contribution < -0.4 is 16.4 Å². The van der Waals surface area contributed by atoms with Crippen LogP contribution in [-0.4, -0.2) is 24.8 Å². The van der Waals surface area contributed by atoms with E-state index < -0.39 is 11.7 Å². The normalized spacial score (nSPS) is 15.6. The maximum absolute atomic E-state index is 10.0. The van der Waals surface area contributed by atoms with Crippen molar-refractivity contribution in [1.82, 2.24) is 0 Å². The van der Waals surface area contributed by atoms with Crippen LogP contribution in [0.1, 0.15) is 47.0 Å². The highest BCUT2D eigenvalue weighted by Crippen LogP contribution is 2.25. The summed E-state index contributed by atoms with van der Waals surface area (Å²) in [4.78, 5) is 12.5. The Hall–Kier alpha value is -1.91. The largest absolute Gasteiger partial charge is 0.444 e. The Balaban J connectivity index is 0.000000284. The van der Waals surface area contributed by atoms with Crippen LogP contribution in [0, 0.1) is 5.92 Å². The monoisotopic (exact) mass is 321 g/mol. The van der Waals surface area contributed by atoms with Crippen molar-refractivity contribution in [2.75, 3.05) is 23.7 Å². The van der Waals surface area contributed by atoms with Crippen molar-refractivity contribution >= 4 is 17.5 Å². The first-order valence-corrected chi connectivity index (χ1v) is 8.30. The third-order valence-electron chi connectivity index (χ3n) is 3.86. The average molecular weight is 321 g/mol. The SMILES string of the molecule is CC(C)(C)OC(N)=O.CCC1CCN(c2ccc(N)cc2)CC1. The molecule has 5 heteroatoms. The number of anilines is 2. The molecule has 2 rings (SSSR count). The van der Waals surface area contributed by atoms with Crippen molar-refractivity contribution in [3.63, 3.8) is 0 Å². The van der Waals surface area contributed by atoms with Gasteiger partial charge in [0, 0.05) is 24.5 Å². The van der Waals surface area contributed by atoms with Crippen LogP contribution in [0.15, 0.2) is 24.3 Å². The number of carbonyl (C=O) groups is 1. The summed E-state index contributed by atoms with van der Waals surface area (Å²) in [6.45, 7) is 9.97. The lowest BCUT2D eigenvalue weighted by Gasteiger charge is -2.33. The van der Waals surface area contributed by atoms with Crippen molar-refractivity contribution in [1.29, 1.82) is 0 Å². The van der Waals surface area contributed by atoms with Crippen LogP contribution in [0.25, 0.3) is 0 Å². The van der Waals surface area contributed by atoms with Gasteiger partial charge in [0.25, 0.3) is 0 Å². The zero-order valence-corrected chi connectivity index (χ0v) is 14.8. The number of nitrogen functional groups attached to an aromatic ring is 1. The van der Waals surface area contributed by atoms with Crippen molar-refractivity contribution in [3.05, 3.63) is 24.3 Å². The van der Waals surface area contributed by atoms with Gasteiger partial charge in [-0.25, -0.2) is 4.79 Å². The van der Waals surface area contributed by atoms with Crippen LogP contribution in [0.2, 0.25) is 0 Å². The number of amides is 1. The predicted molar refractivity (Wildman–Crippen MR) is 96.5 cm³/mol. The fourth-order valence-electron chi connectivity index (χ4n) is 2.59. The average Bonchev–Trinajstić information content (AvgIpc) is 2.46. The Labute approximate surface area is 140 Å². The molecule has 0 bridgehead atoms. The fraction of sp³-hybridized carbons (Fsp3) is 0.611. The molecule has 1 aliphatic rings. The van der Waals surface area contributed by atoms with Crippen LogP contribution in [-0.2, 0) is 4.74 Å². The molecule has 1 aliphatic heterocycles. The van der Waals surface area contributed by atoms with Crippen LogP contribution in [0.3, 0.4) is 0 Å². The van der Waals surface area contributed by atoms with Crippen molar-refractivity contribution < 1.29 is 9.53 Å². The second-order valence-electron chi connectivity index (χ2n) is 6.96. The van der Waals surface area contributed by atoms with Gasteiger partial charge < -0.3 is 21.1 Å². The zero-order chi connectivity index (χ0) is 17.5. The number of hydrogen-bond donors (Lipinski definition) is 2. The number of rotatable bonds is 2. The molecular weight excluding hydrogens is 290 g/mol. The summed E-state index contributed by atoms with van der Waals surface area (Å²) < 4.78 is 4.58. The smallest absolute Gasteiger partial charge is 0.405 e. The summed E-state index contributed by atoms with van der Waals surface area (Å²) in [5.41, 5.74) is 12.1. The number of nitrogens with zero attached hydrogens (tertiary/aromatic N) is 1. The van der Waals surface area contributed by atoms with E-state index in [9.17, 15) is 4.79 Å². The lowest BCUT2D eigenvalue weighted by atomic mass is 9.94. The standard InChI is InChI=1S/C13H20N2.C5H11NO2/c1-2-11-7-9-15(10-8-11)13-5-3-12(14)4-6-13;1-5(2,3)8-4(6)7/h3-6,11H,2,7-10,14H2,1H3;1-3H3,(H2,6,7). The molecular formula is C18H31N3O2. The van der Waals surface area contributed by atoms with Gasteiger partial charge in [-0.1, -0.05) is 13.3 Å². The van der Waals surface area contributed by atoms with Crippen molar-refractivity contribution in [2.24, 2.45) is 11.7 Å². The number of primary amides is 1. The summed E-state index contributed by atoms with van der Waals surface area (Å²) in [6, 6.07) is 8.23. The molecule has 1 saturated heterocycles. The third-order valence-corrected chi connectivity index (χ3v) is 3.86. The first kappa shape index (κ1) is 19.1. The molecule has 1 aromatic carbocycles. The van der Waals surface area contributed by atoms with Gasteiger partial charge >= 0.3 is 6.09 Å². The Kier molecular flexibility index (Phi) is 7.20. The molecule has 1 aromatic rings. The quantitative estimate of drug-likeness (QED) is 0.812. The third kappa shape index (κ3) is 7.77. The number of hydrogen-bond acceptors (Lipinski definition) is 4. The Morgan fingerprint density at radius 1 is 1.22 bits per heavy atom. The predicted octanol–water partition coefficient (Wildman–Crippen LogP) is 3.78. The molecule has 0 aromatic heterocycles. The molecule has 1 heterocycles. The lowest BCUT2D eigenvalue weighted by Crippen LogP contribution is -2.33. The topological polar surface area (TPSA) is 81.6 Å². The van der Waals surface area contributed by atoms with E-state index in [-0.39, 0.29) is 0 Å². The molecule has 0 aliphatic carbocycles. The molecule has 23 heavy (non-hydrogen) atoms. The number of ether oxygens (including phenoxy) is 1. The first-order chi connectivity index (χ1) is 10.7. The Morgan fingerprint density at radius 2 is 1.74 bits per heavy atom. The lowest BCUT2D eigenvalue weighted by molar-refractivity contribution is 0.0600. The fourth-order valence-corrected chi connectivity index (χ4v) is 2.59. The van der Waals surface area contributed by atoms with E-state index in [1.165, 1.54) is 38.0 Å². The molecule has 0 spiro atoms. The molecule has 1 fully saturated rings. The molecule has 4 N–H and O–H groups in total.